The predicted molar refractivity (Wildman–Crippen MR) is 40.6 cm³/mol. The van der Waals surface area contributed by atoms with Crippen molar-refractivity contribution in [3.63, 3.8) is 0 Å². The van der Waals surface area contributed by atoms with Crippen molar-refractivity contribution in [3.8, 4) is 0 Å². The summed E-state index contributed by atoms with van der Waals surface area (Å²) in [5.41, 5.74) is 4.80. The van der Waals surface area contributed by atoms with Gasteiger partial charge < -0.3 is 15.2 Å². The van der Waals surface area contributed by atoms with Crippen LogP contribution in [0.15, 0.2) is 24.6 Å². The van der Waals surface area contributed by atoms with E-state index in [1.807, 2.05) is 0 Å². The van der Waals surface area contributed by atoms with Crippen LogP contribution in [-0.2, 0) is 19.1 Å². The molecule has 0 saturated heterocycles. The van der Waals surface area contributed by atoms with Crippen LogP contribution in [-0.4, -0.2) is 19.0 Å². The Bertz CT molecular complexity index is 232. The van der Waals surface area contributed by atoms with Crippen LogP contribution in [0.25, 0.3) is 0 Å². The first kappa shape index (κ1) is 10.2. The number of nitrogens with two attached hydrogens (primary N) is 1. The molecule has 1 aliphatic rings. The SMILES string of the molecule is C=COC.NC1=CC(=O)OC1=O. The van der Waals surface area contributed by atoms with E-state index in [0.29, 0.717) is 0 Å². The monoisotopic (exact) mass is 171 g/mol. The molecule has 1 heterocycles. The fourth-order valence-corrected chi connectivity index (χ4v) is 0.366. The highest BCUT2D eigenvalue weighted by Gasteiger charge is 2.19. The number of carbonyl (C=O) groups excluding carboxylic acids is 2. The molecular weight excluding hydrogens is 162 g/mol. The second-order valence-electron chi connectivity index (χ2n) is 1.71. The minimum atomic E-state index is -0.755. The van der Waals surface area contributed by atoms with Gasteiger partial charge in [-0.15, -0.1) is 0 Å². The Balaban J connectivity index is 0.000000261. The summed E-state index contributed by atoms with van der Waals surface area (Å²) >= 11 is 0. The Labute approximate surface area is 69.4 Å². The number of ether oxygens (including phenoxy) is 2. The molecule has 5 heteroatoms. The number of hydrogen-bond acceptors (Lipinski definition) is 5. The molecule has 0 amide bonds. The number of rotatable bonds is 1. The highest BCUT2D eigenvalue weighted by molar-refractivity contribution is 6.08. The molecule has 0 aromatic rings. The van der Waals surface area contributed by atoms with E-state index in [4.69, 9.17) is 5.73 Å². The van der Waals surface area contributed by atoms with Crippen LogP contribution in [0, 0.1) is 0 Å². The Hall–Kier alpha value is -1.78. The van der Waals surface area contributed by atoms with E-state index in [0.717, 1.165) is 6.08 Å². The van der Waals surface area contributed by atoms with Crippen LogP contribution >= 0.6 is 0 Å². The van der Waals surface area contributed by atoms with Crippen LogP contribution in [0.3, 0.4) is 0 Å². The van der Waals surface area contributed by atoms with Crippen LogP contribution < -0.4 is 5.73 Å². The van der Waals surface area contributed by atoms with E-state index in [-0.39, 0.29) is 5.70 Å². The third kappa shape index (κ3) is 3.40. The molecule has 0 aromatic carbocycles. The molecule has 0 radical (unpaired) electrons. The van der Waals surface area contributed by atoms with Crippen molar-refractivity contribution in [2.75, 3.05) is 7.11 Å². The summed E-state index contributed by atoms with van der Waals surface area (Å²) in [6.07, 6.45) is 2.32. The fourth-order valence-electron chi connectivity index (χ4n) is 0.366. The first-order valence-electron chi connectivity index (χ1n) is 2.98. The van der Waals surface area contributed by atoms with Gasteiger partial charge in [-0.2, -0.15) is 0 Å². The molecule has 1 rings (SSSR count). The summed E-state index contributed by atoms with van der Waals surface area (Å²) in [5, 5.41) is 0. The number of methoxy groups -OCH3 is 1. The van der Waals surface area contributed by atoms with E-state index in [1.54, 1.807) is 7.11 Å². The van der Waals surface area contributed by atoms with E-state index in [1.165, 1.54) is 6.26 Å². The summed E-state index contributed by atoms with van der Waals surface area (Å²) < 4.78 is 8.28. The molecule has 0 aromatic heterocycles. The summed E-state index contributed by atoms with van der Waals surface area (Å²) in [7, 11) is 1.56. The molecular formula is C7H9NO4. The van der Waals surface area contributed by atoms with Crippen LogP contribution in [0.2, 0.25) is 0 Å². The van der Waals surface area contributed by atoms with Crippen molar-refractivity contribution in [1.82, 2.24) is 0 Å². The maximum atomic E-state index is 10.1. The minimum absolute atomic E-state index is 0.130. The molecule has 0 unspecified atom stereocenters. The van der Waals surface area contributed by atoms with E-state index in [9.17, 15) is 9.59 Å². The first-order chi connectivity index (χ1) is 5.61. The van der Waals surface area contributed by atoms with Crippen molar-refractivity contribution >= 4 is 11.9 Å². The van der Waals surface area contributed by atoms with Crippen molar-refractivity contribution < 1.29 is 19.1 Å². The molecule has 0 atom stereocenters. The Kier molecular flexibility index (Phi) is 4.21. The van der Waals surface area contributed by atoms with Gasteiger partial charge in [-0.1, -0.05) is 6.58 Å². The quantitative estimate of drug-likeness (QED) is 0.332. The number of cyclic esters (lactones) is 2. The molecule has 2 N–H and O–H groups in total. The largest absolute Gasteiger partial charge is 0.505 e. The first-order valence-corrected chi connectivity index (χ1v) is 2.98. The normalized spacial score (nSPS) is 13.9. The molecule has 0 fully saturated rings. The standard InChI is InChI=1S/C4H3NO3.C3H6O/c5-2-1-3(6)8-4(2)7;1-3-4-2/h1H,5H2;3H,1H2,2H3. The van der Waals surface area contributed by atoms with Gasteiger partial charge in [-0.05, 0) is 0 Å². The second kappa shape index (κ2) is 4.95. The average Bonchev–Trinajstić information content (AvgIpc) is 2.30. The Morgan fingerprint density at radius 2 is 2.17 bits per heavy atom. The van der Waals surface area contributed by atoms with Gasteiger partial charge in [0.05, 0.1) is 19.4 Å². The van der Waals surface area contributed by atoms with Gasteiger partial charge in [0, 0.05) is 0 Å². The molecule has 0 saturated carbocycles. The molecule has 66 valence electrons. The third-order valence-electron chi connectivity index (χ3n) is 0.869. The van der Waals surface area contributed by atoms with Crippen molar-refractivity contribution in [1.29, 1.82) is 0 Å². The summed E-state index contributed by atoms with van der Waals surface area (Å²) in [6, 6.07) is 0. The van der Waals surface area contributed by atoms with Gasteiger partial charge in [-0.25, -0.2) is 9.59 Å². The summed E-state index contributed by atoms with van der Waals surface area (Å²) in [5.74, 6) is -1.44. The molecule has 0 spiro atoms. The van der Waals surface area contributed by atoms with Crippen molar-refractivity contribution in [2.24, 2.45) is 5.73 Å². The van der Waals surface area contributed by atoms with Crippen LogP contribution in [0.5, 0.6) is 0 Å². The smallest absolute Gasteiger partial charge is 0.362 e. The second-order valence-corrected chi connectivity index (χ2v) is 1.71. The van der Waals surface area contributed by atoms with E-state index < -0.39 is 11.9 Å². The maximum absolute atomic E-state index is 10.1. The lowest BCUT2D eigenvalue weighted by atomic mass is 10.5. The van der Waals surface area contributed by atoms with Gasteiger partial charge in [0.2, 0.25) is 0 Å². The summed E-state index contributed by atoms with van der Waals surface area (Å²) in [4.78, 5) is 20.2. The third-order valence-corrected chi connectivity index (χ3v) is 0.869. The lowest BCUT2D eigenvalue weighted by Gasteiger charge is -1.84. The van der Waals surface area contributed by atoms with Gasteiger partial charge in [0.1, 0.15) is 5.70 Å². The Morgan fingerprint density at radius 1 is 1.67 bits per heavy atom. The molecule has 0 aliphatic carbocycles. The number of hydrogen-bond donors (Lipinski definition) is 1. The molecule has 1 aliphatic heterocycles. The van der Waals surface area contributed by atoms with Gasteiger partial charge >= 0.3 is 11.9 Å². The molecule has 12 heavy (non-hydrogen) atoms. The zero-order chi connectivity index (χ0) is 9.56. The Morgan fingerprint density at radius 3 is 2.25 bits per heavy atom. The predicted octanol–water partition coefficient (Wildman–Crippen LogP) is -0.311. The number of carbonyl (C=O) groups is 2. The van der Waals surface area contributed by atoms with Crippen molar-refractivity contribution in [3.05, 3.63) is 24.6 Å². The van der Waals surface area contributed by atoms with Gasteiger partial charge in [0.25, 0.3) is 0 Å². The van der Waals surface area contributed by atoms with E-state index in [2.05, 4.69) is 16.1 Å². The highest BCUT2D eigenvalue weighted by Crippen LogP contribution is 1.99. The molecule has 0 bridgehead atoms. The zero-order valence-corrected chi connectivity index (χ0v) is 6.57. The van der Waals surface area contributed by atoms with E-state index >= 15 is 0 Å². The molecule has 5 nitrogen and oxygen atoms in total. The number of esters is 2. The minimum Gasteiger partial charge on any atom is -0.505 e. The fraction of sp³-hybridized carbons (Fsp3) is 0.143. The van der Waals surface area contributed by atoms with Crippen LogP contribution in [0.4, 0.5) is 0 Å². The lowest BCUT2D eigenvalue weighted by Crippen LogP contribution is -2.07. The maximum Gasteiger partial charge on any atom is 0.362 e. The topological polar surface area (TPSA) is 78.6 Å². The summed E-state index contributed by atoms with van der Waals surface area (Å²) in [6.45, 7) is 3.26. The van der Waals surface area contributed by atoms with Gasteiger partial charge in [0.15, 0.2) is 0 Å². The average molecular weight is 171 g/mol. The highest BCUT2D eigenvalue weighted by atomic mass is 16.6. The lowest BCUT2D eigenvalue weighted by molar-refractivity contribution is -0.150. The zero-order valence-electron chi connectivity index (χ0n) is 6.57. The van der Waals surface area contributed by atoms with Crippen molar-refractivity contribution in [2.45, 2.75) is 0 Å². The van der Waals surface area contributed by atoms with Gasteiger partial charge in [-0.3, -0.25) is 0 Å². The van der Waals surface area contributed by atoms with Crippen LogP contribution in [0.1, 0.15) is 0 Å².